The van der Waals surface area contributed by atoms with Crippen molar-refractivity contribution in [2.45, 2.75) is 32.4 Å². The van der Waals surface area contributed by atoms with Crippen LogP contribution < -0.4 is 11.1 Å². The summed E-state index contributed by atoms with van der Waals surface area (Å²) < 4.78 is 45.2. The molecule has 0 amide bonds. The molecule has 5 heterocycles. The van der Waals surface area contributed by atoms with E-state index in [2.05, 4.69) is 30.2 Å². The Bertz CT molecular complexity index is 1200. The van der Waals surface area contributed by atoms with Gasteiger partial charge in [-0.05, 0) is 45.0 Å². The number of halogens is 3. The molecule has 5 rings (SSSR count). The molecule has 0 bridgehead atoms. The number of hydrogen-bond acceptors (Lipinski definition) is 7. The van der Waals surface area contributed by atoms with Crippen LogP contribution in [0.2, 0.25) is 0 Å². The first kappa shape index (κ1) is 21.8. The average Bonchev–Trinajstić information content (AvgIpc) is 3.40. The number of nitrogens with two attached hydrogens (primary N) is 1. The van der Waals surface area contributed by atoms with E-state index in [1.807, 2.05) is 0 Å². The Morgan fingerprint density at radius 3 is 2.44 bits per heavy atom. The van der Waals surface area contributed by atoms with Crippen LogP contribution in [0, 0.1) is 6.92 Å². The molecule has 8 nitrogen and oxygen atoms in total. The van der Waals surface area contributed by atoms with Crippen molar-refractivity contribution in [2.75, 3.05) is 18.8 Å². The van der Waals surface area contributed by atoms with E-state index < -0.39 is 11.7 Å². The van der Waals surface area contributed by atoms with Gasteiger partial charge in [-0.2, -0.15) is 13.2 Å². The highest BCUT2D eigenvalue weighted by molar-refractivity contribution is 5.94. The third-order valence-corrected chi connectivity index (χ3v) is 5.09. The number of pyridine rings is 1. The summed E-state index contributed by atoms with van der Waals surface area (Å²) in [6.45, 7) is 4.27. The van der Waals surface area contributed by atoms with Crippen LogP contribution in [-0.2, 0) is 6.18 Å². The van der Waals surface area contributed by atoms with Crippen LogP contribution >= 0.6 is 0 Å². The number of oxazole rings is 1. The fourth-order valence-electron chi connectivity index (χ4n) is 3.48. The lowest BCUT2D eigenvalue weighted by atomic mass is 10.1. The molecule has 0 aromatic carbocycles. The van der Waals surface area contributed by atoms with Gasteiger partial charge in [0, 0.05) is 23.3 Å². The van der Waals surface area contributed by atoms with Crippen LogP contribution in [0.5, 0.6) is 0 Å². The van der Waals surface area contributed by atoms with Crippen molar-refractivity contribution in [3.05, 3.63) is 42.2 Å². The van der Waals surface area contributed by atoms with Crippen LogP contribution in [0.25, 0.3) is 33.7 Å². The minimum Gasteiger partial charge on any atom is -0.442 e. The Morgan fingerprint density at radius 2 is 1.84 bits per heavy atom. The molecule has 0 radical (unpaired) electrons. The van der Waals surface area contributed by atoms with E-state index in [1.165, 1.54) is 44.9 Å². The molecule has 32 heavy (non-hydrogen) atoms. The van der Waals surface area contributed by atoms with Crippen LogP contribution in [0.1, 0.15) is 30.5 Å². The highest BCUT2D eigenvalue weighted by atomic mass is 19.4. The zero-order valence-corrected chi connectivity index (χ0v) is 17.3. The molecule has 1 aliphatic heterocycles. The quantitative estimate of drug-likeness (QED) is 0.420. The van der Waals surface area contributed by atoms with Crippen molar-refractivity contribution < 1.29 is 17.6 Å². The van der Waals surface area contributed by atoms with Crippen molar-refractivity contribution >= 4 is 17.0 Å². The molecule has 4 aromatic heterocycles. The molecule has 0 unspecified atom stereocenters. The fourth-order valence-corrected chi connectivity index (χ4v) is 3.48. The molecule has 4 N–H and O–H groups in total. The molecule has 168 valence electrons. The monoisotopic (exact) mass is 445 g/mol. The predicted molar refractivity (Wildman–Crippen MR) is 113 cm³/mol. The molecule has 0 saturated carbocycles. The zero-order chi connectivity index (χ0) is 22.7. The fraction of sp³-hybridized carbons (Fsp3) is 0.333. The van der Waals surface area contributed by atoms with E-state index in [0.29, 0.717) is 34.4 Å². The first-order chi connectivity index (χ1) is 15.3. The predicted octanol–water partition coefficient (Wildman–Crippen LogP) is 4.34. The second kappa shape index (κ2) is 8.95. The van der Waals surface area contributed by atoms with E-state index in [4.69, 9.17) is 10.2 Å². The summed E-state index contributed by atoms with van der Waals surface area (Å²) in [5, 5.41) is 3.75. The third-order valence-electron chi connectivity index (χ3n) is 5.09. The van der Waals surface area contributed by atoms with Crippen LogP contribution in [0.4, 0.5) is 19.1 Å². The van der Waals surface area contributed by atoms with Crippen LogP contribution in [0.3, 0.4) is 0 Å². The highest BCUT2D eigenvalue weighted by Gasteiger charge is 2.36. The lowest BCUT2D eigenvalue weighted by Gasteiger charge is -2.11. The number of alkyl halides is 3. The molecule has 0 aliphatic carbocycles. The Hall–Kier alpha value is -3.47. The van der Waals surface area contributed by atoms with Crippen molar-refractivity contribution in [3.63, 3.8) is 0 Å². The van der Waals surface area contributed by atoms with Gasteiger partial charge in [0.15, 0.2) is 12.2 Å². The van der Waals surface area contributed by atoms with E-state index in [1.54, 1.807) is 19.1 Å². The minimum absolute atomic E-state index is 0.231. The molecule has 0 atom stereocenters. The first-order valence-electron chi connectivity index (χ1n) is 10.1. The Labute approximate surface area is 181 Å². The van der Waals surface area contributed by atoms with E-state index >= 15 is 0 Å². The van der Waals surface area contributed by atoms with E-state index in [-0.39, 0.29) is 17.2 Å². The normalized spacial score (nSPS) is 14.2. The number of aryl methyl sites for hydroxylation is 1. The van der Waals surface area contributed by atoms with Gasteiger partial charge >= 0.3 is 6.18 Å². The van der Waals surface area contributed by atoms with Gasteiger partial charge in [0.1, 0.15) is 16.9 Å². The molecular weight excluding hydrogens is 423 g/mol. The van der Waals surface area contributed by atoms with Gasteiger partial charge in [-0.25, -0.2) is 19.9 Å². The third kappa shape index (κ3) is 4.57. The maximum absolute atomic E-state index is 13.3. The van der Waals surface area contributed by atoms with E-state index in [9.17, 15) is 13.2 Å². The topological polar surface area (TPSA) is 119 Å². The van der Waals surface area contributed by atoms with Gasteiger partial charge in [-0.3, -0.25) is 0 Å². The number of nitrogen functional groups attached to an aromatic ring is 1. The van der Waals surface area contributed by atoms with Crippen molar-refractivity contribution in [2.24, 2.45) is 0 Å². The number of anilines is 1. The molecule has 1 aliphatic rings. The summed E-state index contributed by atoms with van der Waals surface area (Å²) in [5.41, 5.74) is 6.01. The first-order valence-corrected chi connectivity index (χ1v) is 10.1. The summed E-state index contributed by atoms with van der Waals surface area (Å²) in [7, 11) is 0. The molecule has 4 aromatic rings. The van der Waals surface area contributed by atoms with Crippen molar-refractivity contribution in [1.29, 1.82) is 0 Å². The van der Waals surface area contributed by atoms with Gasteiger partial charge in [0.25, 0.3) is 0 Å². The molecule has 1 saturated heterocycles. The van der Waals surface area contributed by atoms with E-state index in [0.717, 1.165) is 0 Å². The Balaban J connectivity index is 0.000000354. The van der Waals surface area contributed by atoms with Crippen molar-refractivity contribution in [1.82, 2.24) is 30.2 Å². The lowest BCUT2D eigenvalue weighted by Crippen LogP contribution is -2.21. The number of aromatic nitrogens is 5. The number of nitrogens with zero attached hydrogens (tertiary/aromatic N) is 4. The lowest BCUT2D eigenvalue weighted by molar-refractivity contribution is -0.137. The smallest absolute Gasteiger partial charge is 0.419 e. The minimum atomic E-state index is -4.61. The number of hydrogen-bond donors (Lipinski definition) is 3. The van der Waals surface area contributed by atoms with Crippen LogP contribution in [-0.4, -0.2) is 38.0 Å². The maximum Gasteiger partial charge on any atom is 0.419 e. The number of piperidine rings is 1. The Morgan fingerprint density at radius 1 is 1.06 bits per heavy atom. The Kier molecular flexibility index (Phi) is 6.08. The summed E-state index contributed by atoms with van der Waals surface area (Å²) in [6, 6.07) is 3.29. The second-order valence-electron chi connectivity index (χ2n) is 7.36. The van der Waals surface area contributed by atoms with Crippen molar-refractivity contribution in [3.8, 4) is 22.7 Å². The molecular formula is C21H22F3N7O. The number of fused-ring (bicyclic) bond motifs is 1. The van der Waals surface area contributed by atoms with Gasteiger partial charge in [-0.1, -0.05) is 6.42 Å². The summed E-state index contributed by atoms with van der Waals surface area (Å²) >= 11 is 0. The number of H-pyrrole nitrogens is 1. The highest BCUT2D eigenvalue weighted by Crippen LogP contribution is 2.38. The van der Waals surface area contributed by atoms with Gasteiger partial charge in [0.05, 0.1) is 11.4 Å². The number of rotatable bonds is 2. The molecule has 1 fully saturated rings. The summed E-state index contributed by atoms with van der Waals surface area (Å²) in [4.78, 5) is 18.5. The van der Waals surface area contributed by atoms with Gasteiger partial charge in [-0.15, -0.1) is 0 Å². The largest absolute Gasteiger partial charge is 0.442 e. The summed E-state index contributed by atoms with van der Waals surface area (Å²) in [6.07, 6.45) is 2.99. The SMILES string of the molecule is C1CCNCC1.Cc1ncoc1-c1ccc2c(-c3nc(N)ncc3C(F)(F)F)c[nH]c2n1. The van der Waals surface area contributed by atoms with Gasteiger partial charge in [0.2, 0.25) is 5.95 Å². The average molecular weight is 445 g/mol. The summed E-state index contributed by atoms with van der Waals surface area (Å²) in [5.74, 6) is 0.245. The standard InChI is InChI=1S/C16H11F3N6O.C5H11N/c1-7-13(26-6-23-7)11-3-2-8-9(4-21-14(8)24-11)12-10(16(17,18)19)5-22-15(20)25-12;1-2-4-6-5-3-1/h2-6H,1H3,(H,21,24)(H2,20,22,25);6H,1-5H2. The number of aromatic amines is 1. The molecule has 0 spiro atoms. The second-order valence-corrected chi connectivity index (χ2v) is 7.36. The van der Waals surface area contributed by atoms with Crippen LogP contribution in [0.15, 0.2) is 35.3 Å². The maximum atomic E-state index is 13.3. The number of nitrogens with one attached hydrogen (secondary N) is 2. The van der Waals surface area contributed by atoms with Gasteiger partial charge < -0.3 is 20.5 Å². The molecule has 11 heteroatoms. The zero-order valence-electron chi connectivity index (χ0n) is 17.3.